The van der Waals surface area contributed by atoms with Crippen molar-refractivity contribution in [1.29, 1.82) is 0 Å². The Balaban J connectivity index is 1.51. The van der Waals surface area contributed by atoms with Gasteiger partial charge in [-0.1, -0.05) is 49.6 Å². The molecule has 152 valence electrons. The van der Waals surface area contributed by atoms with Crippen molar-refractivity contribution in [3.05, 3.63) is 41.5 Å². The molecule has 1 aromatic rings. The molecule has 0 radical (unpaired) electrons. The molecule has 2 saturated carbocycles. The molecule has 1 aliphatic heterocycles. The van der Waals surface area contributed by atoms with E-state index in [2.05, 4.69) is 0 Å². The Morgan fingerprint density at radius 2 is 2.04 bits per heavy atom. The number of aliphatic carboxylic acids is 1. The number of aliphatic hydroxyl groups is 2. The second-order valence-electron chi connectivity index (χ2n) is 8.57. The molecule has 2 aliphatic carbocycles. The molecular formula is C23H30O5. The number of aryl methyl sites for hydroxylation is 1. The molecule has 0 bridgehead atoms. The third-order valence-corrected chi connectivity index (χ3v) is 6.76. The first-order chi connectivity index (χ1) is 13.5. The Morgan fingerprint density at radius 3 is 2.79 bits per heavy atom. The molecule has 28 heavy (non-hydrogen) atoms. The van der Waals surface area contributed by atoms with Crippen LogP contribution in [0.25, 0.3) is 0 Å². The van der Waals surface area contributed by atoms with Crippen LogP contribution in [0.15, 0.2) is 30.4 Å². The van der Waals surface area contributed by atoms with Crippen molar-refractivity contribution in [2.45, 2.75) is 75.6 Å². The van der Waals surface area contributed by atoms with E-state index >= 15 is 0 Å². The highest BCUT2D eigenvalue weighted by Crippen LogP contribution is 2.52. The molecule has 0 spiro atoms. The lowest BCUT2D eigenvalue weighted by atomic mass is 9.83. The van der Waals surface area contributed by atoms with Crippen molar-refractivity contribution in [1.82, 2.24) is 0 Å². The van der Waals surface area contributed by atoms with E-state index in [-0.39, 0.29) is 24.4 Å². The average molecular weight is 386 g/mol. The summed E-state index contributed by atoms with van der Waals surface area (Å²) in [5.74, 6) is 0.290. The lowest BCUT2D eigenvalue weighted by molar-refractivity contribution is -0.136. The average Bonchev–Trinajstić information content (AvgIpc) is 3.20. The van der Waals surface area contributed by atoms with Crippen LogP contribution in [-0.4, -0.2) is 39.6 Å². The molecule has 1 heterocycles. The van der Waals surface area contributed by atoms with Gasteiger partial charge in [-0.15, -0.1) is 0 Å². The van der Waals surface area contributed by atoms with Gasteiger partial charge in [0.2, 0.25) is 0 Å². The minimum Gasteiger partial charge on any atom is -0.489 e. The van der Waals surface area contributed by atoms with Gasteiger partial charge in [0.1, 0.15) is 11.9 Å². The number of aliphatic hydroxyl groups excluding tert-OH is 2. The summed E-state index contributed by atoms with van der Waals surface area (Å²) in [6, 6.07) is 5.90. The molecule has 5 atom stereocenters. The molecule has 3 aliphatic rings. The normalized spacial score (nSPS) is 30.8. The lowest BCUT2D eigenvalue weighted by Gasteiger charge is -2.25. The van der Waals surface area contributed by atoms with E-state index in [1.807, 2.05) is 30.4 Å². The highest BCUT2D eigenvalue weighted by molar-refractivity contribution is 5.67. The fraction of sp³-hybridized carbons (Fsp3) is 0.609. The second-order valence-corrected chi connectivity index (χ2v) is 8.57. The van der Waals surface area contributed by atoms with Gasteiger partial charge in [0, 0.05) is 30.2 Å². The smallest absolute Gasteiger partial charge is 0.303 e. The topological polar surface area (TPSA) is 87.0 Å². The van der Waals surface area contributed by atoms with Gasteiger partial charge in [-0.05, 0) is 30.7 Å². The SMILES string of the molecule is O=C(O)CCc1cccc2c1O[C@H]1C[C@@H](O)C(C=C[C@@H](O)C3CCCCC3)[C@@H]21. The Hall–Kier alpha value is -1.85. The maximum absolute atomic E-state index is 10.9. The quantitative estimate of drug-likeness (QED) is 0.652. The van der Waals surface area contributed by atoms with Crippen LogP contribution in [-0.2, 0) is 11.2 Å². The number of ether oxygens (including phenoxy) is 1. The summed E-state index contributed by atoms with van der Waals surface area (Å²) in [4.78, 5) is 10.9. The second kappa shape index (κ2) is 8.26. The fourth-order valence-corrected chi connectivity index (χ4v) is 5.28. The molecule has 4 rings (SSSR count). The molecule has 2 fully saturated rings. The monoisotopic (exact) mass is 386 g/mol. The van der Waals surface area contributed by atoms with Crippen LogP contribution < -0.4 is 4.74 Å². The van der Waals surface area contributed by atoms with Crippen LogP contribution in [0.2, 0.25) is 0 Å². The standard InChI is InChI=1S/C23H30O5/c24-18(14-5-2-1-3-6-14)11-10-16-19(25)13-20-22(16)17-8-4-7-15(23(17)28-20)9-12-21(26)27/h4,7-8,10-11,14,16,18-20,22,24-25H,1-3,5-6,9,12-13H2,(H,26,27)/t16?,18-,19-,20+,22+/m1/s1. The van der Waals surface area contributed by atoms with Crippen molar-refractivity contribution in [2.24, 2.45) is 11.8 Å². The number of benzene rings is 1. The van der Waals surface area contributed by atoms with Crippen LogP contribution in [0.3, 0.4) is 0 Å². The van der Waals surface area contributed by atoms with Crippen molar-refractivity contribution < 1.29 is 24.9 Å². The number of hydrogen-bond donors (Lipinski definition) is 3. The first kappa shape index (κ1) is 19.5. The number of para-hydroxylation sites is 1. The molecule has 0 amide bonds. The van der Waals surface area contributed by atoms with E-state index in [0.717, 1.165) is 29.7 Å². The molecular weight excluding hydrogens is 356 g/mol. The zero-order chi connectivity index (χ0) is 19.7. The van der Waals surface area contributed by atoms with Crippen LogP contribution in [0, 0.1) is 11.8 Å². The predicted octanol–water partition coefficient (Wildman–Crippen LogP) is 3.43. The molecule has 5 heteroatoms. The number of carboxylic acids is 1. The van der Waals surface area contributed by atoms with Gasteiger partial charge in [-0.25, -0.2) is 0 Å². The number of hydrogen-bond acceptors (Lipinski definition) is 4. The van der Waals surface area contributed by atoms with E-state index in [0.29, 0.717) is 18.8 Å². The van der Waals surface area contributed by atoms with E-state index in [4.69, 9.17) is 9.84 Å². The van der Waals surface area contributed by atoms with Gasteiger partial charge in [0.05, 0.1) is 12.2 Å². The highest BCUT2D eigenvalue weighted by Gasteiger charge is 2.49. The van der Waals surface area contributed by atoms with Gasteiger partial charge < -0.3 is 20.1 Å². The number of rotatable bonds is 6. The maximum Gasteiger partial charge on any atom is 0.303 e. The molecule has 0 aromatic heterocycles. The first-order valence-electron chi connectivity index (χ1n) is 10.6. The zero-order valence-electron chi connectivity index (χ0n) is 16.2. The van der Waals surface area contributed by atoms with E-state index in [9.17, 15) is 15.0 Å². The third-order valence-electron chi connectivity index (χ3n) is 6.76. The van der Waals surface area contributed by atoms with Gasteiger partial charge in [-0.3, -0.25) is 4.79 Å². The van der Waals surface area contributed by atoms with Crippen molar-refractivity contribution in [3.63, 3.8) is 0 Å². The molecule has 3 N–H and O–H groups in total. The molecule has 1 aromatic carbocycles. The minimum absolute atomic E-state index is 0.0598. The molecule has 5 nitrogen and oxygen atoms in total. The predicted molar refractivity (Wildman–Crippen MR) is 105 cm³/mol. The largest absolute Gasteiger partial charge is 0.489 e. The van der Waals surface area contributed by atoms with Crippen molar-refractivity contribution in [2.75, 3.05) is 0 Å². The maximum atomic E-state index is 10.9. The van der Waals surface area contributed by atoms with Crippen LogP contribution in [0.4, 0.5) is 0 Å². The minimum atomic E-state index is -0.816. The third kappa shape index (κ3) is 3.83. The summed E-state index contributed by atoms with van der Waals surface area (Å²) in [5.41, 5.74) is 1.99. The van der Waals surface area contributed by atoms with Gasteiger partial charge >= 0.3 is 5.97 Å². The summed E-state index contributed by atoms with van der Waals surface area (Å²) in [5, 5.41) is 30.1. The number of fused-ring (bicyclic) bond motifs is 3. The summed E-state index contributed by atoms with van der Waals surface area (Å²) in [6.07, 6.45) is 9.73. The van der Waals surface area contributed by atoms with Crippen molar-refractivity contribution in [3.8, 4) is 5.75 Å². The summed E-state index contributed by atoms with van der Waals surface area (Å²) in [7, 11) is 0. The first-order valence-corrected chi connectivity index (χ1v) is 10.6. The summed E-state index contributed by atoms with van der Waals surface area (Å²) < 4.78 is 6.17. The molecule has 1 unspecified atom stereocenters. The van der Waals surface area contributed by atoms with Crippen LogP contribution >= 0.6 is 0 Å². The van der Waals surface area contributed by atoms with Crippen LogP contribution in [0.5, 0.6) is 5.75 Å². The lowest BCUT2D eigenvalue weighted by Crippen LogP contribution is -2.22. The van der Waals surface area contributed by atoms with E-state index in [1.165, 1.54) is 19.3 Å². The fourth-order valence-electron chi connectivity index (χ4n) is 5.28. The Morgan fingerprint density at radius 1 is 1.25 bits per heavy atom. The summed E-state index contributed by atoms with van der Waals surface area (Å²) >= 11 is 0. The summed E-state index contributed by atoms with van der Waals surface area (Å²) in [6.45, 7) is 0. The Labute approximate surface area is 166 Å². The van der Waals surface area contributed by atoms with E-state index in [1.54, 1.807) is 0 Å². The van der Waals surface area contributed by atoms with E-state index < -0.39 is 18.2 Å². The Kier molecular flexibility index (Phi) is 5.74. The number of carbonyl (C=O) groups is 1. The van der Waals surface area contributed by atoms with Gasteiger partial charge in [0.15, 0.2) is 0 Å². The molecule has 0 saturated heterocycles. The number of carboxylic acid groups (broad SMARTS) is 1. The zero-order valence-corrected chi connectivity index (χ0v) is 16.2. The van der Waals surface area contributed by atoms with Gasteiger partial charge in [0.25, 0.3) is 0 Å². The van der Waals surface area contributed by atoms with Crippen LogP contribution in [0.1, 0.15) is 62.0 Å². The van der Waals surface area contributed by atoms with Gasteiger partial charge in [-0.2, -0.15) is 0 Å². The Bertz CT molecular complexity index is 737. The highest BCUT2D eigenvalue weighted by atomic mass is 16.5. The van der Waals surface area contributed by atoms with Crippen molar-refractivity contribution >= 4 is 5.97 Å².